The van der Waals surface area contributed by atoms with Crippen LogP contribution in [-0.2, 0) is 0 Å². The van der Waals surface area contributed by atoms with E-state index in [4.69, 9.17) is 17.3 Å². The van der Waals surface area contributed by atoms with Gasteiger partial charge in [0.1, 0.15) is 17.9 Å². The van der Waals surface area contributed by atoms with E-state index in [2.05, 4.69) is 29.8 Å². The molecule has 7 nitrogen and oxygen atoms in total. The minimum Gasteiger partial charge on any atom is -0.406 e. The number of benzene rings is 3. The molecule has 1 aliphatic heterocycles. The smallest absolute Gasteiger partial charge is 0.406 e. The quantitative estimate of drug-likeness (QED) is 0.189. The Kier molecular flexibility index (Phi) is 9.26. The van der Waals surface area contributed by atoms with Crippen molar-refractivity contribution >= 4 is 58.3 Å². The maximum absolute atomic E-state index is 12.3. The molecule has 0 bridgehead atoms. The number of rotatable bonds is 7. The first kappa shape index (κ1) is 28.2. The van der Waals surface area contributed by atoms with Gasteiger partial charge in [-0.15, -0.1) is 18.3 Å². The molecule has 202 valence electrons. The summed E-state index contributed by atoms with van der Waals surface area (Å²) in [6, 6.07) is 18.2. The highest BCUT2D eigenvalue weighted by molar-refractivity contribution is 8.14. The highest BCUT2D eigenvalue weighted by Gasteiger charge is 2.31. The number of alkyl halides is 3. The molecule has 0 aromatic heterocycles. The van der Waals surface area contributed by atoms with Gasteiger partial charge in [0.2, 0.25) is 0 Å². The molecule has 1 aliphatic rings. The number of ether oxygens (including phenoxy) is 1. The Bertz CT molecular complexity index is 1390. The van der Waals surface area contributed by atoms with E-state index in [-0.39, 0.29) is 11.6 Å². The molecule has 3 aromatic rings. The van der Waals surface area contributed by atoms with Crippen LogP contribution in [-0.4, -0.2) is 42.2 Å². The summed E-state index contributed by atoms with van der Waals surface area (Å²) in [6.07, 6.45) is -0.833. The molecule has 0 unspecified atom stereocenters. The van der Waals surface area contributed by atoms with Crippen LogP contribution in [0.15, 0.2) is 86.9 Å². The van der Waals surface area contributed by atoms with E-state index < -0.39 is 6.36 Å². The van der Waals surface area contributed by atoms with Gasteiger partial charge in [-0.3, -0.25) is 0 Å². The average Bonchev–Trinajstić information content (AvgIpc) is 2.90. The van der Waals surface area contributed by atoms with Crippen molar-refractivity contribution in [3.8, 4) is 5.75 Å². The zero-order chi connectivity index (χ0) is 27.8. The Morgan fingerprint density at radius 1 is 1.08 bits per heavy atom. The van der Waals surface area contributed by atoms with Gasteiger partial charge in [0.05, 0.1) is 22.6 Å². The fourth-order valence-electron chi connectivity index (χ4n) is 3.67. The molecule has 4 rings (SSSR count). The fourth-order valence-corrected chi connectivity index (χ4v) is 4.89. The van der Waals surface area contributed by atoms with E-state index >= 15 is 0 Å². The Balaban J connectivity index is 1.38. The normalized spacial score (nSPS) is 16.0. The summed E-state index contributed by atoms with van der Waals surface area (Å²) in [7, 11) is 0. The van der Waals surface area contributed by atoms with E-state index in [0.29, 0.717) is 16.3 Å². The highest BCUT2D eigenvalue weighted by atomic mass is 35.5. The summed E-state index contributed by atoms with van der Waals surface area (Å²) >= 11 is 8.12. The first-order valence-electron chi connectivity index (χ1n) is 11.8. The van der Waals surface area contributed by atoms with Crippen LogP contribution in [0.2, 0.25) is 5.02 Å². The van der Waals surface area contributed by atoms with Crippen LogP contribution in [0.1, 0.15) is 23.1 Å². The second-order valence-electron chi connectivity index (χ2n) is 8.31. The monoisotopic (exact) mass is 572 g/mol. The highest BCUT2D eigenvalue weighted by Crippen LogP contribution is 2.34. The molecule has 0 atom stereocenters. The van der Waals surface area contributed by atoms with Gasteiger partial charge in [-0.05, 0) is 54.8 Å². The number of aliphatic imine (C=N–C) groups is 2. The molecule has 1 fully saturated rings. The molecule has 0 amide bonds. The second-order valence-corrected chi connectivity index (χ2v) is 9.78. The predicted molar refractivity (Wildman–Crippen MR) is 154 cm³/mol. The van der Waals surface area contributed by atoms with Gasteiger partial charge in [0.25, 0.3) is 0 Å². The lowest BCUT2D eigenvalue weighted by molar-refractivity contribution is -0.274. The number of halogens is 4. The lowest BCUT2D eigenvalue weighted by Gasteiger charge is -2.30. The number of thioether (sulfide) groups is 1. The molecule has 0 saturated carbocycles. The number of nitrogens with zero attached hydrogens (tertiary/aromatic N) is 5. The average molecular weight is 573 g/mol. The van der Waals surface area contributed by atoms with E-state index in [9.17, 15) is 13.2 Å². The third kappa shape index (κ3) is 8.08. The maximum atomic E-state index is 12.3. The molecule has 2 N–H and O–H groups in total. The van der Waals surface area contributed by atoms with Crippen molar-refractivity contribution in [2.45, 2.75) is 19.7 Å². The van der Waals surface area contributed by atoms with Crippen molar-refractivity contribution in [3.05, 3.63) is 88.4 Å². The third-order valence-electron chi connectivity index (χ3n) is 5.48. The zero-order valence-electron chi connectivity index (χ0n) is 20.8. The van der Waals surface area contributed by atoms with Gasteiger partial charge in [0, 0.05) is 17.9 Å². The predicted octanol–water partition coefficient (Wildman–Crippen LogP) is 6.95. The molecule has 39 heavy (non-hydrogen) atoms. The molecule has 1 saturated heterocycles. The Morgan fingerprint density at radius 2 is 1.82 bits per heavy atom. The van der Waals surface area contributed by atoms with Crippen LogP contribution in [0.3, 0.4) is 0 Å². The summed E-state index contributed by atoms with van der Waals surface area (Å²) in [5, 5.41) is 10.2. The molecule has 3 aromatic carbocycles. The molecular weight excluding hydrogens is 549 g/mol. The molecule has 0 radical (unpaired) electrons. The number of hydrogen-bond donors (Lipinski definition) is 1. The van der Waals surface area contributed by atoms with Crippen LogP contribution in [0.4, 0.5) is 24.5 Å². The van der Waals surface area contributed by atoms with Crippen molar-refractivity contribution in [3.63, 3.8) is 0 Å². The second kappa shape index (κ2) is 12.8. The fraction of sp³-hybridized carbons (Fsp3) is 0.185. The lowest BCUT2D eigenvalue weighted by Crippen LogP contribution is -2.34. The molecular formula is C27H24ClF3N6OS. The third-order valence-corrected chi connectivity index (χ3v) is 6.84. The van der Waals surface area contributed by atoms with Crippen molar-refractivity contribution in [1.82, 2.24) is 0 Å². The number of amidine groups is 2. The molecule has 0 aliphatic carbocycles. The number of para-hydroxylation sites is 1. The topological polar surface area (TPSA) is 87.9 Å². The molecule has 1 heterocycles. The Labute approximate surface area is 233 Å². The van der Waals surface area contributed by atoms with Crippen molar-refractivity contribution < 1.29 is 17.9 Å². The van der Waals surface area contributed by atoms with Crippen LogP contribution in [0, 0.1) is 6.92 Å². The first-order chi connectivity index (χ1) is 18.7. The van der Waals surface area contributed by atoms with Crippen LogP contribution in [0.25, 0.3) is 0 Å². The lowest BCUT2D eigenvalue weighted by atomic mass is 10.1. The van der Waals surface area contributed by atoms with E-state index in [1.54, 1.807) is 30.1 Å². The van der Waals surface area contributed by atoms with Crippen LogP contribution < -0.4 is 15.4 Å². The van der Waals surface area contributed by atoms with Crippen molar-refractivity contribution in [2.24, 2.45) is 25.9 Å². The Hall–Kier alpha value is -3.83. The van der Waals surface area contributed by atoms with Gasteiger partial charge in [0.15, 0.2) is 5.17 Å². The maximum Gasteiger partial charge on any atom is 0.573 e. The van der Waals surface area contributed by atoms with Crippen LogP contribution in [0.5, 0.6) is 5.75 Å². The van der Waals surface area contributed by atoms with E-state index in [1.165, 1.54) is 30.6 Å². The SMILES string of the molecule is Cc1cccc(Cl)c1N1CCCS/C1=N/N=C\c1ccc(C(N)=NC=Nc2ccc(OC(F)(F)F)cc2)cc1. The first-order valence-corrected chi connectivity index (χ1v) is 13.1. The molecule has 0 spiro atoms. The summed E-state index contributed by atoms with van der Waals surface area (Å²) in [5.74, 6) is 0.858. The standard InChI is InChI=1S/C27H24ClF3N6OS/c1-18-4-2-5-23(28)24(18)37-14-3-15-39-26(37)36-35-16-19-6-8-20(9-7-19)25(32)34-17-33-21-10-12-22(13-11-21)38-27(29,30)31/h2,4-13,16-17H,3,14-15H2,1H3,(H2,32,33,34)/b35-16-,36-26+. The molecule has 12 heteroatoms. The van der Waals surface area contributed by atoms with Gasteiger partial charge in [-0.1, -0.05) is 59.8 Å². The van der Waals surface area contributed by atoms with Crippen molar-refractivity contribution in [2.75, 3.05) is 17.2 Å². The van der Waals surface area contributed by atoms with Gasteiger partial charge >= 0.3 is 6.36 Å². The minimum absolute atomic E-state index is 0.226. The largest absolute Gasteiger partial charge is 0.573 e. The Morgan fingerprint density at radius 3 is 2.51 bits per heavy atom. The number of hydrogen-bond acceptors (Lipinski definition) is 5. The van der Waals surface area contributed by atoms with Crippen LogP contribution >= 0.6 is 23.4 Å². The number of nitrogens with two attached hydrogens (primary N) is 1. The van der Waals surface area contributed by atoms with Crippen molar-refractivity contribution in [1.29, 1.82) is 0 Å². The minimum atomic E-state index is -4.75. The van der Waals surface area contributed by atoms with Gasteiger partial charge < -0.3 is 15.4 Å². The summed E-state index contributed by atoms with van der Waals surface area (Å²) in [5.41, 5.74) is 9.96. The van der Waals surface area contributed by atoms with E-state index in [1.807, 2.05) is 37.3 Å². The van der Waals surface area contributed by atoms with Gasteiger partial charge in [-0.25, -0.2) is 9.98 Å². The summed E-state index contributed by atoms with van der Waals surface area (Å²) < 4.78 is 40.6. The summed E-state index contributed by atoms with van der Waals surface area (Å²) in [4.78, 5) is 10.3. The summed E-state index contributed by atoms with van der Waals surface area (Å²) in [6.45, 7) is 2.85. The van der Waals surface area contributed by atoms with E-state index in [0.717, 1.165) is 40.7 Å². The number of aryl methyl sites for hydroxylation is 1. The number of anilines is 1. The zero-order valence-corrected chi connectivity index (χ0v) is 22.3. The van der Waals surface area contributed by atoms with Gasteiger partial charge in [-0.2, -0.15) is 5.10 Å².